The summed E-state index contributed by atoms with van der Waals surface area (Å²) in [5, 5.41) is 7.24. The quantitative estimate of drug-likeness (QED) is 0.615. The Bertz CT molecular complexity index is 345. The lowest BCUT2D eigenvalue weighted by atomic mass is 10.3. The highest BCUT2D eigenvalue weighted by molar-refractivity contribution is 4.65. The molecule has 6 nitrogen and oxygen atoms in total. The van der Waals surface area contributed by atoms with Gasteiger partial charge in [0, 0.05) is 27.2 Å². The maximum atomic E-state index is 11.4. The van der Waals surface area contributed by atoms with Crippen molar-refractivity contribution in [2.75, 3.05) is 26.8 Å². The lowest BCUT2D eigenvalue weighted by molar-refractivity contribution is 0.199. The van der Waals surface area contributed by atoms with E-state index in [0.717, 1.165) is 32.5 Å². The number of aryl methyl sites for hydroxylation is 2. The first-order valence-electron chi connectivity index (χ1n) is 5.54. The predicted octanol–water partition coefficient (Wildman–Crippen LogP) is -0.402. The molecule has 0 saturated heterocycles. The van der Waals surface area contributed by atoms with Gasteiger partial charge in [-0.2, -0.15) is 5.10 Å². The van der Waals surface area contributed by atoms with Gasteiger partial charge >= 0.3 is 5.69 Å². The highest BCUT2D eigenvalue weighted by Crippen LogP contribution is 1.89. The van der Waals surface area contributed by atoms with E-state index in [2.05, 4.69) is 10.4 Å². The van der Waals surface area contributed by atoms with Crippen LogP contribution in [0.25, 0.3) is 0 Å². The second kappa shape index (κ2) is 7.19. The van der Waals surface area contributed by atoms with Crippen molar-refractivity contribution in [3.8, 4) is 0 Å². The van der Waals surface area contributed by atoms with Crippen LogP contribution in [-0.4, -0.2) is 41.2 Å². The van der Waals surface area contributed by atoms with E-state index in [0.29, 0.717) is 6.54 Å². The van der Waals surface area contributed by atoms with Gasteiger partial charge < -0.3 is 10.1 Å². The Morgan fingerprint density at radius 3 is 2.88 bits per heavy atom. The molecule has 0 aliphatic carbocycles. The maximum absolute atomic E-state index is 11.4. The zero-order valence-electron chi connectivity index (χ0n) is 9.98. The molecular formula is C10H20N4O2. The van der Waals surface area contributed by atoms with Crippen LogP contribution >= 0.6 is 0 Å². The van der Waals surface area contributed by atoms with Gasteiger partial charge in [-0.25, -0.2) is 9.48 Å². The maximum Gasteiger partial charge on any atom is 0.345 e. The van der Waals surface area contributed by atoms with Gasteiger partial charge in [0.05, 0.1) is 6.61 Å². The topological polar surface area (TPSA) is 61.1 Å². The average molecular weight is 228 g/mol. The number of unbranched alkanes of at least 4 members (excludes halogenated alkanes) is 1. The SMILES string of the molecule is COCCNCCCCn1ncn(C)c1=O. The molecule has 0 radical (unpaired) electrons. The molecule has 1 heterocycles. The van der Waals surface area contributed by atoms with E-state index < -0.39 is 0 Å². The third-order valence-corrected chi connectivity index (χ3v) is 2.34. The van der Waals surface area contributed by atoms with E-state index in [1.165, 1.54) is 9.25 Å². The number of nitrogens with zero attached hydrogens (tertiary/aromatic N) is 3. The number of aromatic nitrogens is 3. The van der Waals surface area contributed by atoms with Crippen LogP contribution in [0.2, 0.25) is 0 Å². The van der Waals surface area contributed by atoms with E-state index in [-0.39, 0.29) is 5.69 Å². The van der Waals surface area contributed by atoms with E-state index in [4.69, 9.17) is 4.74 Å². The molecule has 0 unspecified atom stereocenters. The van der Waals surface area contributed by atoms with Gasteiger partial charge in [-0.1, -0.05) is 0 Å². The number of rotatable bonds is 8. The molecule has 92 valence electrons. The van der Waals surface area contributed by atoms with Crippen LogP contribution in [-0.2, 0) is 18.3 Å². The standard InChI is InChI=1S/C10H20N4O2/c1-13-9-12-14(10(13)15)7-4-3-5-11-6-8-16-2/h9,11H,3-8H2,1-2H3. The summed E-state index contributed by atoms with van der Waals surface area (Å²) in [6, 6.07) is 0. The van der Waals surface area contributed by atoms with Crippen molar-refractivity contribution in [2.24, 2.45) is 7.05 Å². The summed E-state index contributed by atoms with van der Waals surface area (Å²) in [7, 11) is 3.40. The van der Waals surface area contributed by atoms with Gasteiger partial charge in [0.1, 0.15) is 6.33 Å². The Balaban J connectivity index is 2.07. The summed E-state index contributed by atoms with van der Waals surface area (Å²) in [6.07, 6.45) is 3.53. The molecule has 1 rings (SSSR count). The number of ether oxygens (including phenoxy) is 1. The van der Waals surface area contributed by atoms with Crippen LogP contribution in [0.1, 0.15) is 12.8 Å². The van der Waals surface area contributed by atoms with Crippen LogP contribution < -0.4 is 11.0 Å². The summed E-state index contributed by atoms with van der Waals surface area (Å²) in [5.74, 6) is 0. The molecule has 0 bridgehead atoms. The van der Waals surface area contributed by atoms with Gasteiger partial charge in [0.15, 0.2) is 0 Å². The zero-order chi connectivity index (χ0) is 11.8. The van der Waals surface area contributed by atoms with Crippen molar-refractivity contribution in [2.45, 2.75) is 19.4 Å². The first kappa shape index (κ1) is 12.9. The van der Waals surface area contributed by atoms with E-state index in [1.807, 2.05) is 0 Å². The van der Waals surface area contributed by atoms with Gasteiger partial charge in [-0.3, -0.25) is 4.57 Å². The fourth-order valence-electron chi connectivity index (χ4n) is 1.38. The number of nitrogens with one attached hydrogen (secondary N) is 1. The molecule has 0 aliphatic heterocycles. The van der Waals surface area contributed by atoms with Crippen molar-refractivity contribution in [1.29, 1.82) is 0 Å². The van der Waals surface area contributed by atoms with Crippen LogP contribution in [0, 0.1) is 0 Å². The molecule has 0 spiro atoms. The Labute approximate surface area is 95.2 Å². The third-order valence-electron chi connectivity index (χ3n) is 2.34. The average Bonchev–Trinajstić information content (AvgIpc) is 2.59. The third kappa shape index (κ3) is 4.16. The van der Waals surface area contributed by atoms with Crippen molar-refractivity contribution in [1.82, 2.24) is 19.7 Å². The lowest BCUT2D eigenvalue weighted by Crippen LogP contribution is -2.24. The number of hydrogen-bond donors (Lipinski definition) is 1. The van der Waals surface area contributed by atoms with Gasteiger partial charge in [-0.15, -0.1) is 0 Å². The lowest BCUT2D eigenvalue weighted by Gasteiger charge is -2.03. The largest absolute Gasteiger partial charge is 0.383 e. The normalized spacial score (nSPS) is 10.9. The summed E-state index contributed by atoms with van der Waals surface area (Å²) in [4.78, 5) is 11.4. The molecular weight excluding hydrogens is 208 g/mol. The number of methoxy groups -OCH3 is 1. The Morgan fingerprint density at radius 1 is 1.44 bits per heavy atom. The van der Waals surface area contributed by atoms with Gasteiger partial charge in [-0.05, 0) is 19.4 Å². The fourth-order valence-corrected chi connectivity index (χ4v) is 1.38. The number of hydrogen-bond acceptors (Lipinski definition) is 4. The van der Waals surface area contributed by atoms with Crippen molar-refractivity contribution < 1.29 is 4.74 Å². The van der Waals surface area contributed by atoms with Gasteiger partial charge in [0.25, 0.3) is 0 Å². The second-order valence-corrected chi connectivity index (χ2v) is 3.70. The molecule has 0 aromatic carbocycles. The molecule has 0 atom stereocenters. The van der Waals surface area contributed by atoms with Crippen molar-refractivity contribution >= 4 is 0 Å². The fraction of sp³-hybridized carbons (Fsp3) is 0.800. The molecule has 1 aromatic rings. The first-order chi connectivity index (χ1) is 7.75. The minimum atomic E-state index is -0.0488. The molecule has 0 saturated carbocycles. The first-order valence-corrected chi connectivity index (χ1v) is 5.54. The molecule has 6 heteroatoms. The summed E-state index contributed by atoms with van der Waals surface area (Å²) in [6.45, 7) is 3.25. The van der Waals surface area contributed by atoms with Crippen LogP contribution in [0.15, 0.2) is 11.1 Å². The van der Waals surface area contributed by atoms with Crippen LogP contribution in [0.3, 0.4) is 0 Å². The minimum absolute atomic E-state index is 0.0488. The van der Waals surface area contributed by atoms with Crippen LogP contribution in [0.5, 0.6) is 0 Å². The molecule has 0 fully saturated rings. The van der Waals surface area contributed by atoms with E-state index >= 15 is 0 Å². The Morgan fingerprint density at radius 2 is 2.25 bits per heavy atom. The Hall–Kier alpha value is -1.14. The Kier molecular flexibility index (Phi) is 5.81. The monoisotopic (exact) mass is 228 g/mol. The summed E-state index contributed by atoms with van der Waals surface area (Å²) in [5.41, 5.74) is -0.0488. The second-order valence-electron chi connectivity index (χ2n) is 3.70. The van der Waals surface area contributed by atoms with Crippen molar-refractivity contribution in [3.63, 3.8) is 0 Å². The van der Waals surface area contributed by atoms with Crippen molar-refractivity contribution in [3.05, 3.63) is 16.8 Å². The van der Waals surface area contributed by atoms with E-state index in [1.54, 1.807) is 20.5 Å². The smallest absolute Gasteiger partial charge is 0.345 e. The highest BCUT2D eigenvalue weighted by Gasteiger charge is 1.99. The highest BCUT2D eigenvalue weighted by atomic mass is 16.5. The zero-order valence-corrected chi connectivity index (χ0v) is 9.98. The summed E-state index contributed by atoms with van der Waals surface area (Å²) < 4.78 is 7.89. The predicted molar refractivity (Wildman–Crippen MR) is 61.4 cm³/mol. The molecule has 1 aromatic heterocycles. The van der Waals surface area contributed by atoms with E-state index in [9.17, 15) is 4.79 Å². The molecule has 16 heavy (non-hydrogen) atoms. The van der Waals surface area contributed by atoms with Crippen LogP contribution in [0.4, 0.5) is 0 Å². The minimum Gasteiger partial charge on any atom is -0.383 e. The molecule has 0 aliphatic rings. The summed E-state index contributed by atoms with van der Waals surface area (Å²) >= 11 is 0. The molecule has 0 amide bonds. The molecule has 1 N–H and O–H groups in total. The van der Waals surface area contributed by atoms with Gasteiger partial charge in [0.2, 0.25) is 0 Å².